The molecule has 0 aromatic heterocycles. The molecule has 25 heavy (non-hydrogen) atoms. The number of halogens is 2. The van der Waals surface area contributed by atoms with Crippen LogP contribution in [0.1, 0.15) is 25.0 Å². The third-order valence-corrected chi connectivity index (χ3v) is 4.06. The summed E-state index contributed by atoms with van der Waals surface area (Å²) in [4.78, 5) is 0. The van der Waals surface area contributed by atoms with Crippen molar-refractivity contribution >= 4 is 15.9 Å². The van der Waals surface area contributed by atoms with E-state index in [0.717, 1.165) is 10.0 Å². The van der Waals surface area contributed by atoms with Gasteiger partial charge in [-0.3, -0.25) is 0 Å². The fourth-order valence-electron chi connectivity index (χ4n) is 2.32. The topological polar surface area (TPSA) is 50.7 Å². The highest BCUT2D eigenvalue weighted by Crippen LogP contribution is 2.37. The van der Waals surface area contributed by atoms with Crippen molar-refractivity contribution in [3.05, 3.63) is 57.8 Å². The van der Waals surface area contributed by atoms with Crippen LogP contribution in [0.5, 0.6) is 11.5 Å². The Kier molecular flexibility index (Phi) is 7.68. The maximum Gasteiger partial charge on any atom is 0.175 e. The molecule has 1 atom stereocenters. The van der Waals surface area contributed by atoms with Gasteiger partial charge in [-0.25, -0.2) is 4.39 Å². The number of hydrogen-bond acceptors (Lipinski definition) is 4. The average Bonchev–Trinajstić information content (AvgIpc) is 2.55. The lowest BCUT2D eigenvalue weighted by molar-refractivity contribution is 0.191. The van der Waals surface area contributed by atoms with Crippen LogP contribution >= 0.6 is 15.9 Å². The molecule has 0 saturated carbocycles. The van der Waals surface area contributed by atoms with E-state index in [0.29, 0.717) is 36.8 Å². The van der Waals surface area contributed by atoms with Gasteiger partial charge in [0, 0.05) is 18.7 Å². The second-order valence-electron chi connectivity index (χ2n) is 5.70. The van der Waals surface area contributed by atoms with E-state index in [1.54, 1.807) is 25.1 Å². The lowest BCUT2D eigenvalue weighted by atomic mass is 10.2. The monoisotopic (exact) mass is 411 g/mol. The predicted octanol–water partition coefficient (Wildman–Crippen LogP) is 4.04. The largest absolute Gasteiger partial charge is 0.490 e. The summed E-state index contributed by atoms with van der Waals surface area (Å²) >= 11 is 3.51. The van der Waals surface area contributed by atoms with Gasteiger partial charge >= 0.3 is 0 Å². The summed E-state index contributed by atoms with van der Waals surface area (Å²) in [6, 6.07) is 10.3. The van der Waals surface area contributed by atoms with Crippen LogP contribution in [0.3, 0.4) is 0 Å². The summed E-state index contributed by atoms with van der Waals surface area (Å²) in [6.07, 6.45) is -0.404. The molecule has 2 rings (SSSR count). The van der Waals surface area contributed by atoms with E-state index in [-0.39, 0.29) is 12.4 Å². The number of rotatable bonds is 9. The standard InChI is InChI=1S/C19H23BrFNO3/c1-3-24-18-9-14(11-22-10-13(2)23)8-16(20)19(18)25-12-15-6-4-5-7-17(15)21/h4-9,13,22-23H,3,10-12H2,1-2H3. The zero-order chi connectivity index (χ0) is 18.2. The number of nitrogens with one attached hydrogen (secondary N) is 1. The van der Waals surface area contributed by atoms with Gasteiger partial charge in [0.1, 0.15) is 12.4 Å². The lowest BCUT2D eigenvalue weighted by Gasteiger charge is -2.16. The molecular formula is C19H23BrFNO3. The Bertz CT molecular complexity index is 694. The summed E-state index contributed by atoms with van der Waals surface area (Å²) in [5.41, 5.74) is 1.48. The van der Waals surface area contributed by atoms with Gasteiger partial charge in [-0.15, -0.1) is 0 Å². The van der Waals surface area contributed by atoms with E-state index in [1.165, 1.54) is 6.07 Å². The summed E-state index contributed by atoms with van der Waals surface area (Å²) in [7, 11) is 0. The Morgan fingerprint density at radius 3 is 2.68 bits per heavy atom. The number of aliphatic hydroxyl groups is 1. The van der Waals surface area contributed by atoms with Crippen molar-refractivity contribution in [1.82, 2.24) is 5.32 Å². The van der Waals surface area contributed by atoms with Gasteiger partial charge in [0.25, 0.3) is 0 Å². The molecule has 0 heterocycles. The van der Waals surface area contributed by atoms with Gasteiger partial charge in [-0.1, -0.05) is 18.2 Å². The smallest absolute Gasteiger partial charge is 0.175 e. The quantitative estimate of drug-likeness (QED) is 0.653. The first-order valence-electron chi connectivity index (χ1n) is 8.21. The van der Waals surface area contributed by atoms with E-state index in [4.69, 9.17) is 9.47 Å². The molecular weight excluding hydrogens is 389 g/mol. The molecule has 0 spiro atoms. The van der Waals surface area contributed by atoms with Crippen LogP contribution < -0.4 is 14.8 Å². The molecule has 4 nitrogen and oxygen atoms in total. The molecule has 0 amide bonds. The number of benzene rings is 2. The van der Waals surface area contributed by atoms with Gasteiger partial charge in [-0.2, -0.15) is 0 Å². The Morgan fingerprint density at radius 1 is 1.24 bits per heavy atom. The molecule has 0 aliphatic heterocycles. The molecule has 0 aliphatic rings. The summed E-state index contributed by atoms with van der Waals surface area (Å²) < 4.78 is 26.0. The fourth-order valence-corrected chi connectivity index (χ4v) is 2.92. The molecule has 0 radical (unpaired) electrons. The predicted molar refractivity (Wildman–Crippen MR) is 99.4 cm³/mol. The first kappa shape index (κ1) is 19.7. The molecule has 1 unspecified atom stereocenters. The third-order valence-electron chi connectivity index (χ3n) is 3.47. The summed E-state index contributed by atoms with van der Waals surface area (Å²) in [6.45, 7) is 5.34. The van der Waals surface area contributed by atoms with Crippen molar-refractivity contribution in [2.75, 3.05) is 13.2 Å². The van der Waals surface area contributed by atoms with Crippen LogP contribution in [0, 0.1) is 5.82 Å². The van der Waals surface area contributed by atoms with Gasteiger partial charge in [0.05, 0.1) is 17.2 Å². The van der Waals surface area contributed by atoms with Crippen molar-refractivity contribution in [3.8, 4) is 11.5 Å². The second kappa shape index (κ2) is 9.75. The SMILES string of the molecule is CCOc1cc(CNCC(C)O)cc(Br)c1OCc1ccccc1F. The second-order valence-corrected chi connectivity index (χ2v) is 6.55. The highest BCUT2D eigenvalue weighted by atomic mass is 79.9. The molecule has 0 saturated heterocycles. The Morgan fingerprint density at radius 2 is 2.00 bits per heavy atom. The van der Waals surface area contributed by atoms with Crippen LogP contribution in [0.2, 0.25) is 0 Å². The van der Waals surface area contributed by atoms with E-state index in [1.807, 2.05) is 19.1 Å². The maximum absolute atomic E-state index is 13.8. The van der Waals surface area contributed by atoms with Gasteiger partial charge in [0.15, 0.2) is 11.5 Å². The number of aliphatic hydroxyl groups excluding tert-OH is 1. The third kappa shape index (κ3) is 5.99. The highest BCUT2D eigenvalue weighted by Gasteiger charge is 2.13. The normalized spacial score (nSPS) is 12.0. The van der Waals surface area contributed by atoms with Gasteiger partial charge in [0.2, 0.25) is 0 Å². The van der Waals surface area contributed by atoms with E-state index >= 15 is 0 Å². The Labute approximate surface area is 156 Å². The lowest BCUT2D eigenvalue weighted by Crippen LogP contribution is -2.23. The highest BCUT2D eigenvalue weighted by molar-refractivity contribution is 9.10. The molecule has 0 fully saturated rings. The van der Waals surface area contributed by atoms with Crippen LogP contribution in [-0.4, -0.2) is 24.4 Å². The van der Waals surface area contributed by atoms with E-state index < -0.39 is 6.10 Å². The molecule has 6 heteroatoms. The number of hydrogen-bond donors (Lipinski definition) is 2. The van der Waals surface area contributed by atoms with Gasteiger partial charge in [-0.05, 0) is 53.5 Å². The molecule has 2 N–H and O–H groups in total. The average molecular weight is 412 g/mol. The summed E-state index contributed by atoms with van der Waals surface area (Å²) in [5, 5.41) is 12.5. The van der Waals surface area contributed by atoms with Crippen molar-refractivity contribution in [2.24, 2.45) is 0 Å². The van der Waals surface area contributed by atoms with Crippen molar-refractivity contribution < 1.29 is 19.0 Å². The van der Waals surface area contributed by atoms with Crippen molar-refractivity contribution in [1.29, 1.82) is 0 Å². The Hall–Kier alpha value is -1.63. The minimum atomic E-state index is -0.404. The van der Waals surface area contributed by atoms with Crippen LogP contribution in [-0.2, 0) is 13.2 Å². The van der Waals surface area contributed by atoms with Crippen molar-refractivity contribution in [3.63, 3.8) is 0 Å². The van der Waals surface area contributed by atoms with Crippen LogP contribution in [0.4, 0.5) is 4.39 Å². The number of ether oxygens (including phenoxy) is 2. The minimum Gasteiger partial charge on any atom is -0.490 e. The Balaban J connectivity index is 2.14. The van der Waals surface area contributed by atoms with E-state index in [2.05, 4.69) is 21.2 Å². The van der Waals surface area contributed by atoms with Crippen molar-refractivity contribution in [2.45, 2.75) is 33.1 Å². The van der Waals surface area contributed by atoms with Crippen LogP contribution in [0.15, 0.2) is 40.9 Å². The molecule has 2 aromatic rings. The molecule has 0 bridgehead atoms. The zero-order valence-electron chi connectivity index (χ0n) is 14.4. The van der Waals surface area contributed by atoms with E-state index in [9.17, 15) is 9.50 Å². The zero-order valence-corrected chi connectivity index (χ0v) is 16.0. The first-order valence-corrected chi connectivity index (χ1v) is 9.00. The first-order chi connectivity index (χ1) is 12.0. The minimum absolute atomic E-state index is 0.116. The summed E-state index contributed by atoms with van der Waals surface area (Å²) in [5.74, 6) is 0.849. The maximum atomic E-state index is 13.8. The molecule has 136 valence electrons. The molecule has 0 aliphatic carbocycles. The van der Waals surface area contributed by atoms with Crippen LogP contribution in [0.25, 0.3) is 0 Å². The van der Waals surface area contributed by atoms with Gasteiger partial charge < -0.3 is 19.9 Å². The molecule has 2 aromatic carbocycles. The fraction of sp³-hybridized carbons (Fsp3) is 0.368.